The van der Waals surface area contributed by atoms with Crippen molar-refractivity contribution in [3.05, 3.63) is 42.2 Å². The molecule has 114 valence electrons. The predicted octanol–water partition coefficient (Wildman–Crippen LogP) is 5.10. The van der Waals surface area contributed by atoms with Crippen molar-refractivity contribution in [1.29, 1.82) is 0 Å². The van der Waals surface area contributed by atoms with Crippen LogP contribution in [0.4, 0.5) is 0 Å². The van der Waals surface area contributed by atoms with Crippen LogP contribution in [-0.4, -0.2) is 11.5 Å². The molecule has 2 heteroatoms. The molecule has 0 bridgehead atoms. The van der Waals surface area contributed by atoms with Crippen molar-refractivity contribution in [3.8, 4) is 0 Å². The highest BCUT2D eigenvalue weighted by Crippen LogP contribution is 2.33. The first-order valence-electron chi connectivity index (χ1n) is 8.37. The largest absolute Gasteiger partial charge is 0.310 e. The molecule has 1 N–H and O–H groups in total. The van der Waals surface area contributed by atoms with Crippen LogP contribution in [0.3, 0.4) is 0 Å². The molecular weight excluding hydrogens is 256 g/mol. The fourth-order valence-electron chi connectivity index (χ4n) is 3.23. The van der Waals surface area contributed by atoms with E-state index in [-0.39, 0.29) is 0 Å². The Kier molecular flexibility index (Phi) is 6.19. The third-order valence-corrected chi connectivity index (χ3v) is 4.40. The van der Waals surface area contributed by atoms with Gasteiger partial charge in [0.25, 0.3) is 0 Å². The van der Waals surface area contributed by atoms with E-state index in [0.717, 1.165) is 6.54 Å². The van der Waals surface area contributed by atoms with Gasteiger partial charge in [0.2, 0.25) is 0 Å². The summed E-state index contributed by atoms with van der Waals surface area (Å²) in [4.78, 5) is 4.34. The molecule has 2 rings (SSSR count). The lowest BCUT2D eigenvalue weighted by molar-refractivity contribution is 0.329. The summed E-state index contributed by atoms with van der Waals surface area (Å²) in [5.41, 5.74) is 1.41. The van der Waals surface area contributed by atoms with Gasteiger partial charge >= 0.3 is 0 Å². The maximum atomic E-state index is 4.34. The Morgan fingerprint density at radius 1 is 1.14 bits per heavy atom. The number of hydrogen-bond donors (Lipinski definition) is 1. The molecule has 1 heterocycles. The Morgan fingerprint density at radius 3 is 2.71 bits per heavy atom. The standard InChI is InChI=1S/C19H28N2/c1-4-7-9-15(5-2)19(21-6-3)17-11-8-10-16-12-13-20-14-18(16)17/h8,10-15,19,21H,4-7,9H2,1-3H3. The molecule has 0 radical (unpaired) electrons. The van der Waals surface area contributed by atoms with E-state index in [1.807, 2.05) is 12.4 Å². The SMILES string of the molecule is CCCCC(CC)C(NCC)c1cccc2ccncc12. The Hall–Kier alpha value is -1.41. The van der Waals surface area contributed by atoms with E-state index >= 15 is 0 Å². The van der Waals surface area contributed by atoms with E-state index in [2.05, 4.69) is 55.3 Å². The average molecular weight is 284 g/mol. The maximum Gasteiger partial charge on any atom is 0.0355 e. The number of benzene rings is 1. The zero-order valence-electron chi connectivity index (χ0n) is 13.6. The van der Waals surface area contributed by atoms with E-state index in [1.54, 1.807) is 0 Å². The van der Waals surface area contributed by atoms with Gasteiger partial charge in [0.15, 0.2) is 0 Å². The third-order valence-electron chi connectivity index (χ3n) is 4.40. The van der Waals surface area contributed by atoms with E-state index in [9.17, 15) is 0 Å². The summed E-state index contributed by atoms with van der Waals surface area (Å²) in [6.45, 7) is 7.79. The lowest BCUT2D eigenvalue weighted by Gasteiger charge is -2.28. The molecular formula is C19H28N2. The first kappa shape index (κ1) is 16.0. The van der Waals surface area contributed by atoms with Crippen LogP contribution in [-0.2, 0) is 0 Å². The van der Waals surface area contributed by atoms with Gasteiger partial charge in [0.1, 0.15) is 0 Å². The monoisotopic (exact) mass is 284 g/mol. The first-order valence-corrected chi connectivity index (χ1v) is 8.37. The highest BCUT2D eigenvalue weighted by atomic mass is 14.9. The lowest BCUT2D eigenvalue weighted by Crippen LogP contribution is -2.28. The molecule has 0 aliphatic carbocycles. The summed E-state index contributed by atoms with van der Waals surface area (Å²) in [5, 5.41) is 6.30. The number of nitrogens with one attached hydrogen (secondary N) is 1. The second kappa shape index (κ2) is 8.14. The summed E-state index contributed by atoms with van der Waals surface area (Å²) < 4.78 is 0. The van der Waals surface area contributed by atoms with Gasteiger partial charge in [-0.05, 0) is 35.9 Å². The number of aromatic nitrogens is 1. The zero-order chi connectivity index (χ0) is 15.1. The molecule has 0 aliphatic rings. The molecule has 1 aromatic carbocycles. The van der Waals surface area contributed by atoms with Crippen molar-refractivity contribution in [2.75, 3.05) is 6.54 Å². The van der Waals surface area contributed by atoms with Crippen molar-refractivity contribution in [1.82, 2.24) is 10.3 Å². The topological polar surface area (TPSA) is 24.9 Å². The van der Waals surface area contributed by atoms with Crippen LogP contribution in [0, 0.1) is 5.92 Å². The first-order chi connectivity index (χ1) is 10.3. The van der Waals surface area contributed by atoms with E-state index < -0.39 is 0 Å². The summed E-state index contributed by atoms with van der Waals surface area (Å²) >= 11 is 0. The average Bonchev–Trinajstić information content (AvgIpc) is 2.54. The van der Waals surface area contributed by atoms with E-state index in [1.165, 1.54) is 42.0 Å². The van der Waals surface area contributed by atoms with Crippen molar-refractivity contribution in [2.45, 2.75) is 52.5 Å². The minimum Gasteiger partial charge on any atom is -0.310 e. The van der Waals surface area contributed by atoms with Crippen LogP contribution < -0.4 is 5.32 Å². The van der Waals surface area contributed by atoms with E-state index in [0.29, 0.717) is 12.0 Å². The molecule has 0 spiro atoms. The predicted molar refractivity (Wildman–Crippen MR) is 91.5 cm³/mol. The Balaban J connectivity index is 2.39. The van der Waals surface area contributed by atoms with Crippen LogP contribution in [0.25, 0.3) is 10.8 Å². The van der Waals surface area contributed by atoms with Crippen molar-refractivity contribution in [3.63, 3.8) is 0 Å². The third kappa shape index (κ3) is 3.82. The van der Waals surface area contributed by atoms with Crippen LogP contribution in [0.2, 0.25) is 0 Å². The highest BCUT2D eigenvalue weighted by molar-refractivity contribution is 5.85. The lowest BCUT2D eigenvalue weighted by atomic mass is 9.85. The molecule has 0 amide bonds. The molecule has 0 aliphatic heterocycles. The summed E-state index contributed by atoms with van der Waals surface area (Å²) in [6.07, 6.45) is 8.98. The van der Waals surface area contributed by atoms with Crippen molar-refractivity contribution < 1.29 is 0 Å². The fourth-order valence-corrected chi connectivity index (χ4v) is 3.23. The minimum absolute atomic E-state index is 0.430. The van der Waals surface area contributed by atoms with Crippen LogP contribution >= 0.6 is 0 Å². The number of fused-ring (bicyclic) bond motifs is 1. The van der Waals surface area contributed by atoms with Gasteiger partial charge in [-0.3, -0.25) is 4.98 Å². The van der Waals surface area contributed by atoms with Gasteiger partial charge in [-0.1, -0.05) is 58.2 Å². The molecule has 1 aromatic heterocycles. The second-order valence-electron chi connectivity index (χ2n) is 5.79. The molecule has 0 saturated heterocycles. The number of pyridine rings is 1. The summed E-state index contributed by atoms with van der Waals surface area (Å²) in [6, 6.07) is 9.16. The Morgan fingerprint density at radius 2 is 2.00 bits per heavy atom. The Bertz CT molecular complexity index is 545. The molecule has 2 atom stereocenters. The van der Waals surface area contributed by atoms with Crippen LogP contribution in [0.1, 0.15) is 58.1 Å². The minimum atomic E-state index is 0.430. The van der Waals surface area contributed by atoms with Gasteiger partial charge < -0.3 is 5.32 Å². The second-order valence-corrected chi connectivity index (χ2v) is 5.79. The molecule has 0 saturated carbocycles. The molecule has 2 aromatic rings. The molecule has 2 unspecified atom stereocenters. The number of unbranched alkanes of at least 4 members (excludes halogenated alkanes) is 1. The van der Waals surface area contributed by atoms with Gasteiger partial charge in [0, 0.05) is 23.8 Å². The van der Waals surface area contributed by atoms with Gasteiger partial charge in [-0.15, -0.1) is 0 Å². The van der Waals surface area contributed by atoms with Crippen LogP contribution in [0.15, 0.2) is 36.7 Å². The number of hydrogen-bond acceptors (Lipinski definition) is 2. The summed E-state index contributed by atoms with van der Waals surface area (Å²) in [7, 11) is 0. The van der Waals surface area contributed by atoms with Gasteiger partial charge in [-0.25, -0.2) is 0 Å². The Labute approximate surface area is 129 Å². The van der Waals surface area contributed by atoms with Crippen molar-refractivity contribution in [2.24, 2.45) is 5.92 Å². The van der Waals surface area contributed by atoms with Gasteiger partial charge in [0.05, 0.1) is 0 Å². The molecule has 21 heavy (non-hydrogen) atoms. The summed E-state index contributed by atoms with van der Waals surface area (Å²) in [5.74, 6) is 0.690. The normalized spacial score (nSPS) is 14.2. The molecule has 2 nitrogen and oxygen atoms in total. The van der Waals surface area contributed by atoms with E-state index in [4.69, 9.17) is 0 Å². The quantitative estimate of drug-likeness (QED) is 0.729. The maximum absolute atomic E-state index is 4.34. The zero-order valence-corrected chi connectivity index (χ0v) is 13.6. The fraction of sp³-hybridized carbons (Fsp3) is 0.526. The van der Waals surface area contributed by atoms with Gasteiger partial charge in [-0.2, -0.15) is 0 Å². The number of rotatable bonds is 8. The number of nitrogens with zero attached hydrogens (tertiary/aromatic N) is 1. The smallest absolute Gasteiger partial charge is 0.0355 e. The highest BCUT2D eigenvalue weighted by Gasteiger charge is 2.22. The molecule has 0 fully saturated rings. The van der Waals surface area contributed by atoms with Crippen LogP contribution in [0.5, 0.6) is 0 Å². The van der Waals surface area contributed by atoms with Crippen molar-refractivity contribution >= 4 is 10.8 Å².